The van der Waals surface area contributed by atoms with Crippen molar-refractivity contribution in [3.63, 3.8) is 0 Å². The molecule has 2 aromatic rings. The summed E-state index contributed by atoms with van der Waals surface area (Å²) in [5.41, 5.74) is 1.09. The Morgan fingerprint density at radius 3 is 2.70 bits per heavy atom. The second-order valence-electron chi connectivity index (χ2n) is 6.40. The first kappa shape index (κ1) is 20.7. The third-order valence-electron chi connectivity index (χ3n) is 4.21. The van der Waals surface area contributed by atoms with Gasteiger partial charge in [-0.3, -0.25) is 4.68 Å². The molecule has 0 amide bonds. The van der Waals surface area contributed by atoms with Crippen molar-refractivity contribution in [3.05, 3.63) is 29.8 Å². The van der Waals surface area contributed by atoms with Crippen LogP contribution < -0.4 is 10.6 Å². The maximum atomic E-state index is 9.56. The summed E-state index contributed by atoms with van der Waals surface area (Å²) >= 11 is 0. The SMILES string of the molecule is CCCCCCCCNc1ncc(C#CCNc2ccnn2C)nc1CO. The summed E-state index contributed by atoms with van der Waals surface area (Å²) < 4.78 is 1.75. The van der Waals surface area contributed by atoms with Gasteiger partial charge >= 0.3 is 0 Å². The van der Waals surface area contributed by atoms with Gasteiger partial charge < -0.3 is 15.7 Å². The van der Waals surface area contributed by atoms with Gasteiger partial charge in [0.15, 0.2) is 0 Å². The molecule has 2 heterocycles. The van der Waals surface area contributed by atoms with Gasteiger partial charge in [-0.1, -0.05) is 44.9 Å². The van der Waals surface area contributed by atoms with Gasteiger partial charge in [-0.2, -0.15) is 5.10 Å². The van der Waals surface area contributed by atoms with E-state index in [4.69, 9.17) is 0 Å². The van der Waals surface area contributed by atoms with Crippen LogP contribution in [-0.4, -0.2) is 37.9 Å². The molecule has 3 N–H and O–H groups in total. The summed E-state index contributed by atoms with van der Waals surface area (Å²) in [5.74, 6) is 7.52. The Balaban J connectivity index is 1.79. The summed E-state index contributed by atoms with van der Waals surface area (Å²) in [7, 11) is 1.87. The monoisotopic (exact) mass is 370 g/mol. The van der Waals surface area contributed by atoms with Crippen LogP contribution in [-0.2, 0) is 13.7 Å². The van der Waals surface area contributed by atoms with E-state index in [-0.39, 0.29) is 6.61 Å². The summed E-state index contributed by atoms with van der Waals surface area (Å²) in [6.07, 6.45) is 10.8. The number of aliphatic hydroxyl groups excluding tert-OH is 1. The fraction of sp³-hybridized carbons (Fsp3) is 0.550. The molecule has 0 unspecified atom stereocenters. The summed E-state index contributed by atoms with van der Waals surface area (Å²) in [6.45, 7) is 3.39. The fourth-order valence-electron chi connectivity index (χ4n) is 2.67. The van der Waals surface area contributed by atoms with E-state index in [9.17, 15) is 5.11 Å². The molecule has 0 fully saturated rings. The predicted molar refractivity (Wildman–Crippen MR) is 108 cm³/mol. The number of aryl methyl sites for hydroxylation is 1. The number of unbranched alkanes of at least 4 members (excludes halogenated alkanes) is 5. The maximum absolute atomic E-state index is 9.56. The van der Waals surface area contributed by atoms with Crippen molar-refractivity contribution in [2.24, 2.45) is 7.05 Å². The third kappa shape index (κ3) is 7.27. The lowest BCUT2D eigenvalue weighted by molar-refractivity contribution is 0.277. The lowest BCUT2D eigenvalue weighted by Crippen LogP contribution is -2.09. The van der Waals surface area contributed by atoms with E-state index in [1.807, 2.05) is 13.1 Å². The molecule has 7 nitrogen and oxygen atoms in total. The number of anilines is 2. The Morgan fingerprint density at radius 2 is 1.96 bits per heavy atom. The zero-order valence-electron chi connectivity index (χ0n) is 16.3. The predicted octanol–water partition coefficient (Wildman–Crippen LogP) is 2.94. The number of hydrogen-bond acceptors (Lipinski definition) is 6. The Morgan fingerprint density at radius 1 is 1.15 bits per heavy atom. The second kappa shape index (κ2) is 11.9. The lowest BCUT2D eigenvalue weighted by atomic mass is 10.1. The van der Waals surface area contributed by atoms with E-state index in [0.29, 0.717) is 23.8 Å². The zero-order chi connectivity index (χ0) is 19.3. The van der Waals surface area contributed by atoms with E-state index >= 15 is 0 Å². The number of rotatable bonds is 11. The first-order chi connectivity index (χ1) is 13.2. The number of aliphatic hydroxyl groups is 1. The van der Waals surface area contributed by atoms with Crippen molar-refractivity contribution in [1.29, 1.82) is 0 Å². The van der Waals surface area contributed by atoms with Crippen molar-refractivity contribution in [1.82, 2.24) is 19.7 Å². The molecule has 0 aromatic carbocycles. The average molecular weight is 371 g/mol. The second-order valence-corrected chi connectivity index (χ2v) is 6.40. The molecule has 0 aliphatic heterocycles. The molecule has 0 radical (unpaired) electrons. The molecule has 7 heteroatoms. The van der Waals surface area contributed by atoms with Crippen LogP contribution in [0.2, 0.25) is 0 Å². The highest BCUT2D eigenvalue weighted by Crippen LogP contribution is 2.11. The van der Waals surface area contributed by atoms with Gasteiger partial charge in [0.2, 0.25) is 0 Å². The average Bonchev–Trinajstić information content (AvgIpc) is 3.10. The molecular weight excluding hydrogens is 340 g/mol. The Bertz CT molecular complexity index is 746. The minimum Gasteiger partial charge on any atom is -0.390 e. The molecule has 0 atom stereocenters. The molecule has 0 aliphatic carbocycles. The summed E-state index contributed by atoms with van der Waals surface area (Å²) in [6, 6.07) is 1.88. The highest BCUT2D eigenvalue weighted by molar-refractivity contribution is 5.42. The van der Waals surface area contributed by atoms with Crippen LogP contribution in [0, 0.1) is 11.8 Å². The van der Waals surface area contributed by atoms with E-state index in [1.165, 1.54) is 32.1 Å². The van der Waals surface area contributed by atoms with Crippen LogP contribution in [0.1, 0.15) is 56.8 Å². The van der Waals surface area contributed by atoms with Crippen LogP contribution >= 0.6 is 0 Å². The van der Waals surface area contributed by atoms with Gasteiger partial charge in [0, 0.05) is 19.7 Å². The Hall–Kier alpha value is -2.59. The van der Waals surface area contributed by atoms with Crippen molar-refractivity contribution in [3.8, 4) is 11.8 Å². The molecule has 0 bridgehead atoms. The summed E-state index contributed by atoms with van der Waals surface area (Å²) in [5, 5.41) is 20.1. The van der Waals surface area contributed by atoms with Crippen LogP contribution in [0.4, 0.5) is 11.6 Å². The molecule has 146 valence electrons. The highest BCUT2D eigenvalue weighted by atomic mass is 16.3. The zero-order valence-corrected chi connectivity index (χ0v) is 16.3. The smallest absolute Gasteiger partial charge is 0.150 e. The molecule has 0 spiro atoms. The van der Waals surface area contributed by atoms with Crippen LogP contribution in [0.3, 0.4) is 0 Å². The van der Waals surface area contributed by atoms with E-state index in [0.717, 1.165) is 18.8 Å². The van der Waals surface area contributed by atoms with Gasteiger partial charge in [-0.15, -0.1) is 0 Å². The van der Waals surface area contributed by atoms with Crippen molar-refractivity contribution < 1.29 is 5.11 Å². The van der Waals surface area contributed by atoms with Crippen LogP contribution in [0.15, 0.2) is 18.5 Å². The number of nitrogens with zero attached hydrogens (tertiary/aromatic N) is 4. The fourth-order valence-corrected chi connectivity index (χ4v) is 2.67. The van der Waals surface area contributed by atoms with Crippen LogP contribution in [0.25, 0.3) is 0 Å². The minimum absolute atomic E-state index is 0.158. The molecule has 2 aromatic heterocycles. The van der Waals surface area contributed by atoms with Crippen LogP contribution in [0.5, 0.6) is 0 Å². The molecule has 0 saturated carbocycles. The van der Waals surface area contributed by atoms with Gasteiger partial charge in [-0.25, -0.2) is 9.97 Å². The van der Waals surface area contributed by atoms with Crippen molar-refractivity contribution in [2.45, 2.75) is 52.1 Å². The van der Waals surface area contributed by atoms with E-state index in [2.05, 4.69) is 44.5 Å². The maximum Gasteiger partial charge on any atom is 0.150 e. The van der Waals surface area contributed by atoms with E-state index in [1.54, 1.807) is 17.1 Å². The van der Waals surface area contributed by atoms with Gasteiger partial charge in [0.25, 0.3) is 0 Å². The largest absolute Gasteiger partial charge is 0.390 e. The molecule has 27 heavy (non-hydrogen) atoms. The number of hydrogen-bond donors (Lipinski definition) is 3. The Labute approximate surface area is 161 Å². The molecule has 0 aliphatic rings. The van der Waals surface area contributed by atoms with E-state index < -0.39 is 0 Å². The normalized spacial score (nSPS) is 10.3. The van der Waals surface area contributed by atoms with Gasteiger partial charge in [-0.05, 0) is 12.3 Å². The molecule has 0 saturated heterocycles. The third-order valence-corrected chi connectivity index (χ3v) is 4.21. The Kier molecular flexibility index (Phi) is 9.14. The van der Waals surface area contributed by atoms with Gasteiger partial charge in [0.05, 0.1) is 25.5 Å². The van der Waals surface area contributed by atoms with Crippen molar-refractivity contribution >= 4 is 11.6 Å². The lowest BCUT2D eigenvalue weighted by Gasteiger charge is -2.09. The van der Waals surface area contributed by atoms with Gasteiger partial charge in [0.1, 0.15) is 23.0 Å². The standard InChI is InChI=1S/C20H30N6O/c1-3-4-5-6-7-8-12-22-20-18(16-27)25-17(15-23-20)10-9-13-21-19-11-14-24-26(19)2/h11,14-15,21,27H,3-8,12-13,16H2,1-2H3,(H,22,23). The number of nitrogens with one attached hydrogen (secondary N) is 2. The first-order valence-electron chi connectivity index (χ1n) is 9.66. The molecule has 2 rings (SSSR count). The number of aromatic nitrogens is 4. The first-order valence-corrected chi connectivity index (χ1v) is 9.66. The highest BCUT2D eigenvalue weighted by Gasteiger charge is 2.05. The molecular formula is C20H30N6O. The van der Waals surface area contributed by atoms with Crippen molar-refractivity contribution in [2.75, 3.05) is 23.7 Å². The summed E-state index contributed by atoms with van der Waals surface area (Å²) in [4.78, 5) is 8.76. The topological polar surface area (TPSA) is 87.9 Å². The quantitative estimate of drug-likeness (QED) is 0.416. The minimum atomic E-state index is -0.158.